The molecule has 0 heterocycles. The first-order chi connectivity index (χ1) is 6.09. The number of nitrogens with two attached hydrogens (primary N) is 1. The molecule has 0 aliphatic carbocycles. The lowest BCUT2D eigenvalue weighted by molar-refractivity contribution is 0.931. The summed E-state index contributed by atoms with van der Waals surface area (Å²) in [5.41, 5.74) is 6.68. The molecule has 1 rings (SSSR count). The molecule has 0 saturated carbocycles. The molecule has 0 saturated heterocycles. The summed E-state index contributed by atoms with van der Waals surface area (Å²) in [4.78, 5) is 0. The van der Waals surface area contributed by atoms with Crippen molar-refractivity contribution >= 4 is 33.6 Å². The number of benzene rings is 1. The highest BCUT2D eigenvalue weighted by Gasteiger charge is 1.96. The summed E-state index contributed by atoms with van der Waals surface area (Å²) in [6, 6.07) is 5.74. The van der Waals surface area contributed by atoms with Crippen molar-refractivity contribution in [3.8, 4) is 0 Å². The zero-order chi connectivity index (χ0) is 9.84. The lowest BCUT2D eigenvalue weighted by Crippen LogP contribution is -2.09. The van der Waals surface area contributed by atoms with Crippen molar-refractivity contribution in [2.45, 2.75) is 13.0 Å². The van der Waals surface area contributed by atoms with E-state index in [0.717, 1.165) is 15.1 Å². The molecule has 1 unspecified atom stereocenters. The van der Waals surface area contributed by atoms with Crippen LogP contribution >= 0.6 is 27.5 Å². The van der Waals surface area contributed by atoms with Gasteiger partial charge in [0, 0.05) is 15.5 Å². The largest absolute Gasteiger partial charge is 0.325 e. The molecule has 0 spiro atoms. The zero-order valence-corrected chi connectivity index (χ0v) is 9.64. The van der Waals surface area contributed by atoms with Gasteiger partial charge in [0.2, 0.25) is 0 Å². The number of rotatable bonds is 2. The summed E-state index contributed by atoms with van der Waals surface area (Å²) in [7, 11) is 0. The minimum absolute atomic E-state index is 0.0718. The summed E-state index contributed by atoms with van der Waals surface area (Å²) < 4.78 is 0.983. The van der Waals surface area contributed by atoms with Gasteiger partial charge in [0.25, 0.3) is 0 Å². The van der Waals surface area contributed by atoms with E-state index >= 15 is 0 Å². The second-order valence-electron chi connectivity index (χ2n) is 2.88. The Labute approximate surface area is 91.7 Å². The van der Waals surface area contributed by atoms with E-state index in [4.69, 9.17) is 17.3 Å². The fourth-order valence-corrected chi connectivity index (χ4v) is 1.71. The van der Waals surface area contributed by atoms with Gasteiger partial charge in [-0.3, -0.25) is 0 Å². The Bertz CT molecular complexity index is 321. The Balaban J connectivity index is 2.90. The molecule has 0 aliphatic rings. The van der Waals surface area contributed by atoms with E-state index in [1.807, 2.05) is 37.3 Å². The van der Waals surface area contributed by atoms with Crippen molar-refractivity contribution in [1.82, 2.24) is 0 Å². The summed E-state index contributed by atoms with van der Waals surface area (Å²) in [6.45, 7) is 1.93. The van der Waals surface area contributed by atoms with Crippen molar-refractivity contribution in [3.63, 3.8) is 0 Å². The lowest BCUT2D eigenvalue weighted by atomic mass is 10.2. The topological polar surface area (TPSA) is 26.0 Å². The maximum atomic E-state index is 5.80. The van der Waals surface area contributed by atoms with Gasteiger partial charge in [0.1, 0.15) is 0 Å². The van der Waals surface area contributed by atoms with Crippen LogP contribution in [-0.4, -0.2) is 6.04 Å². The van der Waals surface area contributed by atoms with Gasteiger partial charge in [-0.2, -0.15) is 0 Å². The molecular weight excluding hydrogens is 249 g/mol. The highest BCUT2D eigenvalue weighted by atomic mass is 79.9. The minimum atomic E-state index is 0.0718. The minimum Gasteiger partial charge on any atom is -0.325 e. The first-order valence-corrected chi connectivity index (χ1v) is 5.15. The van der Waals surface area contributed by atoms with Gasteiger partial charge in [0.15, 0.2) is 0 Å². The molecule has 3 heteroatoms. The Hall–Kier alpha value is -0.310. The standard InChI is InChI=1S/C10H11BrClN/c1-7(13)2-3-8-4-5-9(12)6-10(8)11/h2-7H,13H2,1H3/b3-2+. The van der Waals surface area contributed by atoms with Crippen molar-refractivity contribution in [2.75, 3.05) is 0 Å². The van der Waals surface area contributed by atoms with E-state index in [9.17, 15) is 0 Å². The van der Waals surface area contributed by atoms with Gasteiger partial charge in [-0.1, -0.05) is 45.7 Å². The van der Waals surface area contributed by atoms with Crippen LogP contribution in [0.15, 0.2) is 28.7 Å². The van der Waals surface area contributed by atoms with Crippen LogP contribution in [0.3, 0.4) is 0 Å². The molecule has 1 nitrogen and oxygen atoms in total. The van der Waals surface area contributed by atoms with Crippen LogP contribution in [0.2, 0.25) is 5.02 Å². The highest BCUT2D eigenvalue weighted by molar-refractivity contribution is 9.10. The molecule has 1 aromatic carbocycles. The molecule has 0 radical (unpaired) electrons. The van der Waals surface area contributed by atoms with Gasteiger partial charge in [0.05, 0.1) is 0 Å². The van der Waals surface area contributed by atoms with Gasteiger partial charge in [-0.05, 0) is 24.6 Å². The molecule has 2 N–H and O–H groups in total. The quantitative estimate of drug-likeness (QED) is 0.866. The van der Waals surface area contributed by atoms with Crippen LogP contribution in [0.4, 0.5) is 0 Å². The maximum absolute atomic E-state index is 5.80. The highest BCUT2D eigenvalue weighted by Crippen LogP contribution is 2.22. The third-order valence-electron chi connectivity index (χ3n) is 1.54. The Kier molecular flexibility index (Phi) is 3.97. The average molecular weight is 261 g/mol. The van der Waals surface area contributed by atoms with Crippen LogP contribution in [0.25, 0.3) is 6.08 Å². The van der Waals surface area contributed by atoms with Crippen LogP contribution in [0, 0.1) is 0 Å². The van der Waals surface area contributed by atoms with Crippen molar-refractivity contribution in [3.05, 3.63) is 39.3 Å². The van der Waals surface area contributed by atoms with Gasteiger partial charge in [-0.15, -0.1) is 0 Å². The van der Waals surface area contributed by atoms with Crippen LogP contribution < -0.4 is 5.73 Å². The van der Waals surface area contributed by atoms with E-state index in [0.29, 0.717) is 0 Å². The van der Waals surface area contributed by atoms with E-state index in [1.165, 1.54) is 0 Å². The molecule has 0 bridgehead atoms. The average Bonchev–Trinajstić information content (AvgIpc) is 2.02. The number of hydrogen-bond donors (Lipinski definition) is 1. The molecule has 0 fully saturated rings. The molecule has 70 valence electrons. The Morgan fingerprint density at radius 3 is 2.77 bits per heavy atom. The normalized spacial score (nSPS) is 13.5. The molecule has 0 amide bonds. The van der Waals surface area contributed by atoms with Gasteiger partial charge < -0.3 is 5.73 Å². The first-order valence-electron chi connectivity index (χ1n) is 3.98. The van der Waals surface area contributed by atoms with Gasteiger partial charge >= 0.3 is 0 Å². The van der Waals surface area contributed by atoms with E-state index < -0.39 is 0 Å². The van der Waals surface area contributed by atoms with Crippen LogP contribution in [0.5, 0.6) is 0 Å². The number of hydrogen-bond acceptors (Lipinski definition) is 1. The first kappa shape index (κ1) is 10.8. The molecule has 13 heavy (non-hydrogen) atoms. The summed E-state index contributed by atoms with van der Waals surface area (Å²) >= 11 is 9.22. The molecule has 0 aliphatic heterocycles. The fourth-order valence-electron chi connectivity index (χ4n) is 0.892. The van der Waals surface area contributed by atoms with Crippen LogP contribution in [-0.2, 0) is 0 Å². The third kappa shape index (κ3) is 3.51. The van der Waals surface area contributed by atoms with Gasteiger partial charge in [-0.25, -0.2) is 0 Å². The Morgan fingerprint density at radius 1 is 1.54 bits per heavy atom. The smallest absolute Gasteiger partial charge is 0.0417 e. The molecule has 1 aromatic rings. The fraction of sp³-hybridized carbons (Fsp3) is 0.200. The monoisotopic (exact) mass is 259 g/mol. The lowest BCUT2D eigenvalue weighted by Gasteiger charge is -2.00. The third-order valence-corrected chi connectivity index (χ3v) is 2.46. The van der Waals surface area contributed by atoms with Crippen molar-refractivity contribution in [2.24, 2.45) is 5.73 Å². The predicted octanol–water partition coefficient (Wildman–Crippen LogP) is 3.46. The molecule has 0 aromatic heterocycles. The van der Waals surface area contributed by atoms with Crippen molar-refractivity contribution in [1.29, 1.82) is 0 Å². The van der Waals surface area contributed by atoms with E-state index in [1.54, 1.807) is 0 Å². The number of halogens is 2. The summed E-state index contributed by atoms with van der Waals surface area (Å²) in [5, 5.41) is 0.727. The summed E-state index contributed by atoms with van der Waals surface area (Å²) in [5.74, 6) is 0. The van der Waals surface area contributed by atoms with Crippen molar-refractivity contribution < 1.29 is 0 Å². The molecular formula is C10H11BrClN. The Morgan fingerprint density at radius 2 is 2.23 bits per heavy atom. The SMILES string of the molecule is CC(N)/C=C/c1ccc(Cl)cc1Br. The zero-order valence-electron chi connectivity index (χ0n) is 7.30. The van der Waals surface area contributed by atoms with E-state index in [2.05, 4.69) is 15.9 Å². The second-order valence-corrected chi connectivity index (χ2v) is 4.17. The summed E-state index contributed by atoms with van der Waals surface area (Å²) in [6.07, 6.45) is 3.92. The predicted molar refractivity (Wildman–Crippen MR) is 61.8 cm³/mol. The second kappa shape index (κ2) is 4.80. The van der Waals surface area contributed by atoms with E-state index in [-0.39, 0.29) is 6.04 Å². The maximum Gasteiger partial charge on any atom is 0.0417 e. The van der Waals surface area contributed by atoms with Crippen LogP contribution in [0.1, 0.15) is 12.5 Å². The molecule has 1 atom stereocenters.